The molecule has 27 heavy (non-hydrogen) atoms. The molecule has 0 radical (unpaired) electrons. The number of hydrazone groups is 1. The molecule has 0 fully saturated rings. The van der Waals surface area contributed by atoms with Crippen LogP contribution in [0.25, 0.3) is 0 Å². The van der Waals surface area contributed by atoms with Gasteiger partial charge in [0, 0.05) is 24.5 Å². The van der Waals surface area contributed by atoms with E-state index >= 15 is 0 Å². The quantitative estimate of drug-likeness (QED) is 0.372. The van der Waals surface area contributed by atoms with E-state index in [1.165, 1.54) is 24.1 Å². The summed E-state index contributed by atoms with van der Waals surface area (Å²) in [7, 11) is 0. The fourth-order valence-electron chi connectivity index (χ4n) is 2.78. The molecule has 0 saturated heterocycles. The number of hydrogen-bond acceptors (Lipinski definition) is 3. The van der Waals surface area contributed by atoms with Gasteiger partial charge in [0.2, 0.25) is 0 Å². The summed E-state index contributed by atoms with van der Waals surface area (Å²) < 4.78 is 0. The zero-order valence-corrected chi connectivity index (χ0v) is 17.6. The van der Waals surface area contributed by atoms with Crippen molar-refractivity contribution in [2.75, 3.05) is 23.3 Å². The van der Waals surface area contributed by atoms with Gasteiger partial charge in [-0.15, -0.1) is 0 Å². The highest BCUT2D eigenvalue weighted by Crippen LogP contribution is 2.16. The van der Waals surface area contributed by atoms with E-state index in [2.05, 4.69) is 90.9 Å². The predicted octanol–water partition coefficient (Wildman–Crippen LogP) is 5.25. The molecular weight excluding hydrogens is 352 g/mol. The Kier molecular flexibility index (Phi) is 8.27. The maximum absolute atomic E-state index is 5.32. The maximum Gasteiger partial charge on any atom is 0.191 e. The molecule has 0 aromatic heterocycles. The van der Waals surface area contributed by atoms with Gasteiger partial charge in [0.15, 0.2) is 5.11 Å². The van der Waals surface area contributed by atoms with E-state index in [1.54, 1.807) is 6.21 Å². The molecule has 0 atom stereocenters. The number of anilines is 2. The molecule has 4 nitrogen and oxygen atoms in total. The molecule has 0 aliphatic carbocycles. The average Bonchev–Trinajstić information content (AvgIpc) is 2.66. The number of nitrogens with zero attached hydrogens (tertiary/aromatic N) is 2. The largest absolute Gasteiger partial charge is 0.372 e. The maximum atomic E-state index is 5.32. The van der Waals surface area contributed by atoms with E-state index in [0.29, 0.717) is 5.11 Å². The van der Waals surface area contributed by atoms with Gasteiger partial charge >= 0.3 is 0 Å². The Bertz CT molecular complexity index is 768. The smallest absolute Gasteiger partial charge is 0.191 e. The van der Waals surface area contributed by atoms with Crippen LogP contribution in [0.5, 0.6) is 0 Å². The molecule has 0 spiro atoms. The standard InChI is InChI=1S/C22H30N4S/c1-5-7-14-26(6-2)20-12-10-19(11-13-20)16-23-25-22(27)24-21-15-17(3)8-9-18(21)4/h8-13,15-16H,5-7,14H2,1-4H3,(H2,24,25,27)/b23-16-. The van der Waals surface area contributed by atoms with E-state index < -0.39 is 0 Å². The molecular formula is C22H30N4S. The number of aryl methyl sites for hydroxylation is 2. The van der Waals surface area contributed by atoms with Gasteiger partial charge in [0.05, 0.1) is 6.21 Å². The fraction of sp³-hybridized carbons (Fsp3) is 0.364. The zero-order chi connectivity index (χ0) is 19.6. The number of benzene rings is 2. The molecule has 2 aromatic rings. The molecule has 144 valence electrons. The second-order valence-corrected chi connectivity index (χ2v) is 7.08. The lowest BCUT2D eigenvalue weighted by atomic mass is 10.1. The Hall–Kier alpha value is -2.40. The van der Waals surface area contributed by atoms with Crippen molar-refractivity contribution in [2.45, 2.75) is 40.5 Å². The zero-order valence-electron chi connectivity index (χ0n) is 16.7. The van der Waals surface area contributed by atoms with Gasteiger partial charge in [0.1, 0.15) is 0 Å². The first-order valence-electron chi connectivity index (χ1n) is 9.55. The Morgan fingerprint density at radius 3 is 2.52 bits per heavy atom. The van der Waals surface area contributed by atoms with Gasteiger partial charge in [-0.25, -0.2) is 0 Å². The summed E-state index contributed by atoms with van der Waals surface area (Å²) >= 11 is 5.32. The summed E-state index contributed by atoms with van der Waals surface area (Å²) in [4.78, 5) is 2.39. The van der Waals surface area contributed by atoms with Crippen LogP contribution in [0.3, 0.4) is 0 Å². The lowest BCUT2D eigenvalue weighted by molar-refractivity contribution is 0.732. The van der Waals surface area contributed by atoms with Crippen molar-refractivity contribution in [1.29, 1.82) is 0 Å². The molecule has 0 amide bonds. The number of nitrogens with one attached hydrogen (secondary N) is 2. The number of thiocarbonyl (C=S) groups is 1. The Balaban J connectivity index is 1.90. The van der Waals surface area contributed by atoms with E-state index in [4.69, 9.17) is 12.2 Å². The van der Waals surface area contributed by atoms with Crippen LogP contribution in [0.15, 0.2) is 47.6 Å². The van der Waals surface area contributed by atoms with Gasteiger partial charge in [-0.1, -0.05) is 37.6 Å². The molecule has 0 bridgehead atoms. The lowest BCUT2D eigenvalue weighted by Gasteiger charge is -2.22. The SMILES string of the molecule is CCCCN(CC)c1ccc(/C=N\NC(=S)Nc2cc(C)ccc2C)cc1. The molecule has 0 saturated carbocycles. The van der Waals surface area contributed by atoms with Crippen molar-refractivity contribution in [1.82, 2.24) is 5.43 Å². The third-order valence-corrected chi connectivity index (χ3v) is 4.64. The number of rotatable bonds is 8. The first kappa shape index (κ1) is 20.9. The van der Waals surface area contributed by atoms with Gasteiger partial charge in [0.25, 0.3) is 0 Å². The van der Waals surface area contributed by atoms with Crippen molar-refractivity contribution >= 4 is 34.9 Å². The molecule has 2 aromatic carbocycles. The summed E-state index contributed by atoms with van der Waals surface area (Å²) in [6, 6.07) is 14.7. The van der Waals surface area contributed by atoms with Crippen LogP contribution in [-0.4, -0.2) is 24.4 Å². The second-order valence-electron chi connectivity index (χ2n) is 6.67. The first-order chi connectivity index (χ1) is 13.0. The minimum atomic E-state index is 0.480. The number of unbranched alkanes of at least 4 members (excludes halogenated alkanes) is 1. The third-order valence-electron chi connectivity index (χ3n) is 4.44. The highest BCUT2D eigenvalue weighted by molar-refractivity contribution is 7.80. The summed E-state index contributed by atoms with van der Waals surface area (Å²) in [6.07, 6.45) is 4.21. The van der Waals surface area contributed by atoms with Crippen molar-refractivity contribution in [3.8, 4) is 0 Å². The summed E-state index contributed by atoms with van der Waals surface area (Å²) in [5, 5.41) is 7.91. The van der Waals surface area contributed by atoms with Crippen LogP contribution in [0.1, 0.15) is 43.4 Å². The Morgan fingerprint density at radius 1 is 1.11 bits per heavy atom. The van der Waals surface area contributed by atoms with Crippen molar-refractivity contribution in [3.63, 3.8) is 0 Å². The third kappa shape index (κ3) is 6.68. The van der Waals surface area contributed by atoms with Crippen LogP contribution in [0.2, 0.25) is 0 Å². The van der Waals surface area contributed by atoms with E-state index in [9.17, 15) is 0 Å². The molecule has 2 N–H and O–H groups in total. The monoisotopic (exact) mass is 382 g/mol. The van der Waals surface area contributed by atoms with Gasteiger partial charge in [-0.3, -0.25) is 5.43 Å². The van der Waals surface area contributed by atoms with E-state index in [-0.39, 0.29) is 0 Å². The minimum Gasteiger partial charge on any atom is -0.372 e. The van der Waals surface area contributed by atoms with Crippen molar-refractivity contribution in [2.24, 2.45) is 5.10 Å². The van der Waals surface area contributed by atoms with Gasteiger partial charge in [-0.05, 0) is 74.3 Å². The Morgan fingerprint density at radius 2 is 1.85 bits per heavy atom. The molecule has 2 rings (SSSR count). The summed E-state index contributed by atoms with van der Waals surface area (Å²) in [5.74, 6) is 0. The van der Waals surface area contributed by atoms with Crippen LogP contribution >= 0.6 is 12.2 Å². The highest BCUT2D eigenvalue weighted by atomic mass is 32.1. The van der Waals surface area contributed by atoms with Crippen molar-refractivity contribution in [3.05, 3.63) is 59.2 Å². The summed E-state index contributed by atoms with van der Waals surface area (Å²) in [6.45, 7) is 10.6. The van der Waals surface area contributed by atoms with Crippen LogP contribution in [0, 0.1) is 13.8 Å². The summed E-state index contributed by atoms with van der Waals surface area (Å²) in [5.41, 5.74) is 8.50. The van der Waals surface area contributed by atoms with Gasteiger partial charge < -0.3 is 10.2 Å². The molecule has 0 aliphatic rings. The van der Waals surface area contributed by atoms with Crippen LogP contribution in [0.4, 0.5) is 11.4 Å². The second kappa shape index (κ2) is 10.7. The molecule has 0 unspecified atom stereocenters. The molecule has 0 aliphatic heterocycles. The number of hydrogen-bond donors (Lipinski definition) is 2. The first-order valence-corrected chi connectivity index (χ1v) is 9.96. The van der Waals surface area contributed by atoms with Gasteiger partial charge in [-0.2, -0.15) is 5.10 Å². The molecule has 0 heterocycles. The predicted molar refractivity (Wildman–Crippen MR) is 122 cm³/mol. The minimum absolute atomic E-state index is 0.480. The Labute approximate surface area is 168 Å². The van der Waals surface area contributed by atoms with Crippen molar-refractivity contribution < 1.29 is 0 Å². The topological polar surface area (TPSA) is 39.7 Å². The normalized spacial score (nSPS) is 10.8. The lowest BCUT2D eigenvalue weighted by Crippen LogP contribution is -2.24. The van der Waals surface area contributed by atoms with E-state index in [1.807, 2.05) is 0 Å². The molecule has 5 heteroatoms. The highest BCUT2D eigenvalue weighted by Gasteiger charge is 2.03. The average molecular weight is 383 g/mol. The van der Waals surface area contributed by atoms with Crippen LogP contribution in [-0.2, 0) is 0 Å². The fourth-order valence-corrected chi connectivity index (χ4v) is 2.94. The van der Waals surface area contributed by atoms with Crippen LogP contribution < -0.4 is 15.6 Å². The van der Waals surface area contributed by atoms with E-state index in [0.717, 1.165) is 29.9 Å².